The molecule has 6 nitrogen and oxygen atoms in total. The summed E-state index contributed by atoms with van der Waals surface area (Å²) in [6.45, 7) is 6.82. The second-order valence-corrected chi connectivity index (χ2v) is 8.26. The molecule has 2 aliphatic heterocycles. The molecule has 2 aliphatic rings. The van der Waals surface area contributed by atoms with E-state index in [2.05, 4.69) is 33.3 Å². The number of aromatic nitrogens is 3. The van der Waals surface area contributed by atoms with Crippen LogP contribution in [0.1, 0.15) is 30.1 Å². The van der Waals surface area contributed by atoms with Crippen molar-refractivity contribution in [3.05, 3.63) is 41.2 Å². The van der Waals surface area contributed by atoms with Crippen LogP contribution in [0, 0.1) is 0 Å². The number of rotatable bonds is 6. The number of benzene rings is 1. The first-order valence-electron chi connectivity index (χ1n) is 9.09. The minimum atomic E-state index is 0.263. The van der Waals surface area contributed by atoms with Crippen LogP contribution in [0.3, 0.4) is 0 Å². The van der Waals surface area contributed by atoms with Crippen molar-refractivity contribution < 1.29 is 9.47 Å². The van der Waals surface area contributed by atoms with Gasteiger partial charge in [0.2, 0.25) is 6.79 Å². The van der Waals surface area contributed by atoms with E-state index in [9.17, 15) is 0 Å². The Kier molecular flexibility index (Phi) is 5.61. The average Bonchev–Trinajstić information content (AvgIpc) is 3.26. The van der Waals surface area contributed by atoms with E-state index in [4.69, 9.17) is 21.1 Å². The summed E-state index contributed by atoms with van der Waals surface area (Å²) in [4.78, 5) is 2.43. The topological polar surface area (TPSA) is 52.4 Å². The zero-order valence-corrected chi connectivity index (χ0v) is 16.9. The molecule has 0 amide bonds. The highest BCUT2D eigenvalue weighted by Gasteiger charge is 2.27. The fraction of sp³-hybridized carbons (Fsp3) is 0.474. The van der Waals surface area contributed by atoms with E-state index in [0.29, 0.717) is 5.92 Å². The van der Waals surface area contributed by atoms with E-state index in [0.717, 1.165) is 71.3 Å². The highest BCUT2D eigenvalue weighted by molar-refractivity contribution is 7.99. The predicted molar refractivity (Wildman–Crippen MR) is 107 cm³/mol. The number of likely N-dealkylation sites (tertiary alicyclic amines) is 1. The Hall–Kier alpha value is -1.70. The Morgan fingerprint density at radius 3 is 2.96 bits per heavy atom. The van der Waals surface area contributed by atoms with Crippen LogP contribution in [-0.4, -0.2) is 45.3 Å². The highest BCUT2D eigenvalue weighted by atomic mass is 35.5. The van der Waals surface area contributed by atoms with E-state index in [-0.39, 0.29) is 6.79 Å². The Labute approximate surface area is 168 Å². The molecule has 144 valence electrons. The second-order valence-electron chi connectivity index (χ2n) is 6.87. The number of halogens is 1. The molecular formula is C19H23ClN4O2S. The molecule has 1 aromatic heterocycles. The van der Waals surface area contributed by atoms with Gasteiger partial charge in [-0.3, -0.25) is 4.90 Å². The molecule has 1 saturated heterocycles. The summed E-state index contributed by atoms with van der Waals surface area (Å²) >= 11 is 8.12. The van der Waals surface area contributed by atoms with E-state index in [1.165, 1.54) is 0 Å². The van der Waals surface area contributed by atoms with Gasteiger partial charge in [0.05, 0.1) is 0 Å². The van der Waals surface area contributed by atoms with Gasteiger partial charge in [0.25, 0.3) is 0 Å². The van der Waals surface area contributed by atoms with Crippen LogP contribution >= 0.6 is 23.4 Å². The molecule has 1 atom stereocenters. The first-order valence-corrected chi connectivity index (χ1v) is 10.5. The SMILES string of the molecule is C=CCSc1nnc(C2CCCN(Cc3cc4c(cc3Cl)OCO4)C2)n1C. The van der Waals surface area contributed by atoms with Crippen molar-refractivity contribution in [1.29, 1.82) is 0 Å². The highest BCUT2D eigenvalue weighted by Crippen LogP contribution is 2.38. The number of fused-ring (bicyclic) bond motifs is 1. The van der Waals surface area contributed by atoms with Crippen molar-refractivity contribution in [2.24, 2.45) is 7.05 Å². The molecular weight excluding hydrogens is 384 g/mol. The number of hydrogen-bond acceptors (Lipinski definition) is 6. The van der Waals surface area contributed by atoms with Crippen LogP contribution in [-0.2, 0) is 13.6 Å². The Morgan fingerprint density at radius 1 is 1.33 bits per heavy atom. The van der Waals surface area contributed by atoms with Gasteiger partial charge in [0, 0.05) is 42.9 Å². The summed E-state index contributed by atoms with van der Waals surface area (Å²) in [6.07, 6.45) is 4.15. The van der Waals surface area contributed by atoms with E-state index in [1.807, 2.05) is 18.2 Å². The number of thioether (sulfide) groups is 1. The second kappa shape index (κ2) is 8.12. The third-order valence-corrected chi connectivity index (χ3v) is 6.37. The number of hydrogen-bond donors (Lipinski definition) is 0. The summed E-state index contributed by atoms with van der Waals surface area (Å²) in [7, 11) is 2.05. The van der Waals surface area contributed by atoms with Gasteiger partial charge in [0.15, 0.2) is 16.7 Å². The molecule has 8 heteroatoms. The number of ether oxygens (including phenoxy) is 2. The molecule has 2 aromatic rings. The largest absolute Gasteiger partial charge is 0.454 e. The third kappa shape index (κ3) is 3.95. The standard InChI is InChI=1S/C19H23ClN4O2S/c1-3-7-27-19-22-21-18(23(19)2)13-5-4-6-24(10-13)11-14-8-16-17(9-15(14)20)26-12-25-16/h3,8-9,13H,1,4-7,10-12H2,2H3. The monoisotopic (exact) mass is 406 g/mol. The molecule has 0 bridgehead atoms. The predicted octanol–water partition coefficient (Wildman–Crippen LogP) is 3.85. The Morgan fingerprint density at radius 2 is 2.15 bits per heavy atom. The quantitative estimate of drug-likeness (QED) is 0.536. The van der Waals surface area contributed by atoms with Gasteiger partial charge in [-0.05, 0) is 31.0 Å². The van der Waals surface area contributed by atoms with Crippen LogP contribution in [0.15, 0.2) is 29.9 Å². The maximum atomic E-state index is 6.46. The van der Waals surface area contributed by atoms with Gasteiger partial charge in [-0.15, -0.1) is 16.8 Å². The maximum absolute atomic E-state index is 6.46. The normalized spacial score (nSPS) is 19.4. The fourth-order valence-electron chi connectivity index (χ4n) is 3.67. The fourth-order valence-corrected chi connectivity index (χ4v) is 4.54. The van der Waals surface area contributed by atoms with Crippen molar-refractivity contribution >= 4 is 23.4 Å². The molecule has 1 aromatic carbocycles. The first-order chi connectivity index (χ1) is 13.2. The molecule has 3 heterocycles. The first kappa shape index (κ1) is 18.7. The molecule has 0 radical (unpaired) electrons. The average molecular weight is 407 g/mol. The van der Waals surface area contributed by atoms with Gasteiger partial charge in [-0.25, -0.2) is 0 Å². The third-order valence-electron chi connectivity index (χ3n) is 5.01. The van der Waals surface area contributed by atoms with Crippen LogP contribution in [0.4, 0.5) is 0 Å². The lowest BCUT2D eigenvalue weighted by atomic mass is 9.96. The van der Waals surface area contributed by atoms with Gasteiger partial charge < -0.3 is 14.0 Å². The van der Waals surface area contributed by atoms with Gasteiger partial charge in [0.1, 0.15) is 5.82 Å². The molecule has 0 saturated carbocycles. The molecule has 1 unspecified atom stereocenters. The van der Waals surface area contributed by atoms with Crippen LogP contribution in [0.25, 0.3) is 0 Å². The van der Waals surface area contributed by atoms with E-state index in [1.54, 1.807) is 11.8 Å². The summed E-state index contributed by atoms with van der Waals surface area (Å²) in [5, 5.41) is 10.5. The van der Waals surface area contributed by atoms with Gasteiger partial charge in [-0.2, -0.15) is 0 Å². The Balaban J connectivity index is 1.46. The summed E-state index contributed by atoms with van der Waals surface area (Å²) in [6, 6.07) is 3.85. The molecule has 1 fully saturated rings. The lowest BCUT2D eigenvalue weighted by Crippen LogP contribution is -2.34. The minimum absolute atomic E-state index is 0.263. The van der Waals surface area contributed by atoms with Crippen LogP contribution in [0.2, 0.25) is 5.02 Å². The lowest BCUT2D eigenvalue weighted by molar-refractivity contribution is 0.173. The van der Waals surface area contributed by atoms with E-state index < -0.39 is 0 Å². The summed E-state index contributed by atoms with van der Waals surface area (Å²) < 4.78 is 13.0. The van der Waals surface area contributed by atoms with E-state index >= 15 is 0 Å². The molecule has 4 rings (SSSR count). The van der Waals surface area contributed by atoms with Crippen molar-refractivity contribution in [1.82, 2.24) is 19.7 Å². The zero-order chi connectivity index (χ0) is 18.8. The molecule has 0 N–H and O–H groups in total. The van der Waals surface area contributed by atoms with Crippen molar-refractivity contribution in [2.75, 3.05) is 25.6 Å². The van der Waals surface area contributed by atoms with Gasteiger partial charge >= 0.3 is 0 Å². The Bertz CT molecular complexity index is 841. The van der Waals surface area contributed by atoms with Crippen molar-refractivity contribution in [2.45, 2.75) is 30.5 Å². The molecule has 0 spiro atoms. The van der Waals surface area contributed by atoms with Crippen molar-refractivity contribution in [3.8, 4) is 11.5 Å². The molecule has 27 heavy (non-hydrogen) atoms. The maximum Gasteiger partial charge on any atom is 0.231 e. The zero-order valence-electron chi connectivity index (χ0n) is 15.4. The van der Waals surface area contributed by atoms with Crippen LogP contribution in [0.5, 0.6) is 11.5 Å². The molecule has 0 aliphatic carbocycles. The lowest BCUT2D eigenvalue weighted by Gasteiger charge is -2.32. The number of piperidine rings is 1. The summed E-state index contributed by atoms with van der Waals surface area (Å²) in [5.74, 6) is 3.78. The summed E-state index contributed by atoms with van der Waals surface area (Å²) in [5.41, 5.74) is 1.07. The smallest absolute Gasteiger partial charge is 0.231 e. The minimum Gasteiger partial charge on any atom is -0.454 e. The van der Waals surface area contributed by atoms with Crippen LogP contribution < -0.4 is 9.47 Å². The van der Waals surface area contributed by atoms with Crippen molar-refractivity contribution in [3.63, 3.8) is 0 Å². The van der Waals surface area contributed by atoms with Gasteiger partial charge in [-0.1, -0.05) is 29.4 Å². The number of nitrogens with zero attached hydrogens (tertiary/aromatic N) is 4.